The molecule has 0 bridgehead atoms. The Morgan fingerprint density at radius 1 is 1.25 bits per heavy atom. The predicted molar refractivity (Wildman–Crippen MR) is 102 cm³/mol. The number of para-hydroxylation sites is 2. The van der Waals surface area contributed by atoms with Gasteiger partial charge in [0.15, 0.2) is 0 Å². The molecule has 1 heterocycles. The average molecular weight is 405 g/mol. The van der Waals surface area contributed by atoms with E-state index in [1.807, 2.05) is 55.5 Å². The van der Waals surface area contributed by atoms with Crippen LogP contribution in [0.5, 0.6) is 0 Å². The smallest absolute Gasteiger partial charge is 0.237 e. The molecular formula is C18H17BrN2O2S. The molecular weight excluding hydrogens is 388 g/mol. The first-order chi connectivity index (χ1) is 11.5. The highest BCUT2D eigenvalue weighted by atomic mass is 79.9. The third-order valence-electron chi connectivity index (χ3n) is 3.80. The van der Waals surface area contributed by atoms with Gasteiger partial charge in [0.25, 0.3) is 0 Å². The van der Waals surface area contributed by atoms with E-state index in [-0.39, 0.29) is 17.9 Å². The Morgan fingerprint density at radius 3 is 2.71 bits per heavy atom. The fourth-order valence-electron chi connectivity index (χ4n) is 2.71. The second kappa shape index (κ2) is 7.40. The van der Waals surface area contributed by atoms with Gasteiger partial charge in [0.1, 0.15) is 0 Å². The van der Waals surface area contributed by atoms with E-state index in [4.69, 9.17) is 0 Å². The number of thioether (sulfide) groups is 1. The molecule has 0 unspecified atom stereocenters. The van der Waals surface area contributed by atoms with Crippen molar-refractivity contribution in [3.63, 3.8) is 0 Å². The van der Waals surface area contributed by atoms with Crippen molar-refractivity contribution in [1.82, 2.24) is 0 Å². The quantitative estimate of drug-likeness (QED) is 0.775. The average Bonchev–Trinajstić information content (AvgIpc) is 2.68. The third kappa shape index (κ3) is 3.82. The molecule has 0 spiro atoms. The highest BCUT2D eigenvalue weighted by Crippen LogP contribution is 2.32. The van der Waals surface area contributed by atoms with E-state index in [9.17, 15) is 9.59 Å². The molecule has 2 aromatic rings. The van der Waals surface area contributed by atoms with Crippen molar-refractivity contribution in [2.75, 3.05) is 16.0 Å². The van der Waals surface area contributed by atoms with Gasteiger partial charge in [-0.15, -0.1) is 11.8 Å². The highest BCUT2D eigenvalue weighted by Gasteiger charge is 2.29. The van der Waals surface area contributed by atoms with Gasteiger partial charge >= 0.3 is 0 Å². The van der Waals surface area contributed by atoms with E-state index >= 15 is 0 Å². The number of carbonyl (C=O) groups excluding carboxylic acids is 2. The molecule has 124 valence electrons. The standard InChI is InChI=1S/C18H17BrN2O2S/c1-12-10-17(22)20-15-4-2-3-5-16(15)21(12)18(23)11-24-14-8-6-13(19)7-9-14/h2-9,12H,10-11H2,1H3,(H,20,22)/t12-/m1/s1. The van der Waals surface area contributed by atoms with Gasteiger partial charge in [-0.1, -0.05) is 28.1 Å². The maximum atomic E-state index is 12.8. The van der Waals surface area contributed by atoms with Crippen molar-refractivity contribution < 1.29 is 9.59 Å². The number of carbonyl (C=O) groups is 2. The molecule has 1 aliphatic heterocycles. The minimum Gasteiger partial charge on any atom is -0.324 e. The first-order valence-electron chi connectivity index (χ1n) is 7.64. The van der Waals surface area contributed by atoms with Crippen LogP contribution >= 0.6 is 27.7 Å². The maximum Gasteiger partial charge on any atom is 0.237 e. The predicted octanol–water partition coefficient (Wildman–Crippen LogP) is 4.31. The second-order valence-corrected chi connectivity index (χ2v) is 7.59. The van der Waals surface area contributed by atoms with Crippen LogP contribution in [-0.4, -0.2) is 23.6 Å². The number of amides is 2. The lowest BCUT2D eigenvalue weighted by Crippen LogP contribution is -2.40. The first kappa shape index (κ1) is 17.0. The fraction of sp³-hybridized carbons (Fsp3) is 0.222. The van der Waals surface area contributed by atoms with Gasteiger partial charge in [0.2, 0.25) is 11.8 Å². The topological polar surface area (TPSA) is 49.4 Å². The van der Waals surface area contributed by atoms with E-state index in [0.29, 0.717) is 17.9 Å². The summed E-state index contributed by atoms with van der Waals surface area (Å²) in [7, 11) is 0. The molecule has 1 atom stereocenters. The SMILES string of the molecule is C[C@@H]1CC(=O)Nc2ccccc2N1C(=O)CSc1ccc(Br)cc1. The zero-order chi connectivity index (χ0) is 17.1. The van der Waals surface area contributed by atoms with Gasteiger partial charge in [-0.2, -0.15) is 0 Å². The number of rotatable bonds is 3. The van der Waals surface area contributed by atoms with Crippen molar-refractivity contribution in [1.29, 1.82) is 0 Å². The summed E-state index contributed by atoms with van der Waals surface area (Å²) < 4.78 is 1.01. The van der Waals surface area contributed by atoms with E-state index in [0.717, 1.165) is 15.1 Å². The zero-order valence-corrected chi connectivity index (χ0v) is 15.6. The molecule has 0 saturated carbocycles. The number of hydrogen-bond acceptors (Lipinski definition) is 3. The third-order valence-corrected chi connectivity index (χ3v) is 5.33. The Kier molecular flexibility index (Phi) is 5.26. The minimum atomic E-state index is -0.174. The summed E-state index contributed by atoms with van der Waals surface area (Å²) in [5.74, 6) is 0.263. The van der Waals surface area contributed by atoms with Crippen LogP contribution in [0.4, 0.5) is 11.4 Å². The Labute approximate surface area is 153 Å². The summed E-state index contributed by atoms with van der Waals surface area (Å²) in [6, 6.07) is 15.1. The Morgan fingerprint density at radius 2 is 1.96 bits per heavy atom. The van der Waals surface area contributed by atoms with Gasteiger partial charge in [-0.05, 0) is 43.3 Å². The van der Waals surface area contributed by atoms with Crippen LogP contribution in [0.15, 0.2) is 57.9 Å². The van der Waals surface area contributed by atoms with Crippen LogP contribution < -0.4 is 10.2 Å². The molecule has 0 aliphatic carbocycles. The van der Waals surface area contributed by atoms with Gasteiger partial charge < -0.3 is 10.2 Å². The summed E-state index contributed by atoms with van der Waals surface area (Å²) >= 11 is 4.90. The largest absolute Gasteiger partial charge is 0.324 e. The van der Waals surface area contributed by atoms with Crippen LogP contribution in [0.1, 0.15) is 13.3 Å². The monoisotopic (exact) mass is 404 g/mol. The zero-order valence-electron chi connectivity index (χ0n) is 13.2. The molecule has 2 aromatic carbocycles. The van der Waals surface area contributed by atoms with Crippen LogP contribution in [0.3, 0.4) is 0 Å². The molecule has 1 N–H and O–H groups in total. The summed E-state index contributed by atoms with van der Waals surface area (Å²) in [6.07, 6.45) is 0.295. The summed E-state index contributed by atoms with van der Waals surface area (Å²) in [6.45, 7) is 1.91. The minimum absolute atomic E-state index is 0.000584. The molecule has 0 radical (unpaired) electrons. The molecule has 2 amide bonds. The van der Waals surface area contributed by atoms with Gasteiger partial charge in [0.05, 0.1) is 17.1 Å². The van der Waals surface area contributed by atoms with Crippen LogP contribution in [0.2, 0.25) is 0 Å². The van der Waals surface area contributed by atoms with Crippen molar-refractivity contribution in [3.05, 3.63) is 53.0 Å². The van der Waals surface area contributed by atoms with Gasteiger partial charge in [-0.3, -0.25) is 9.59 Å². The van der Waals surface area contributed by atoms with Crippen LogP contribution in [0.25, 0.3) is 0 Å². The van der Waals surface area contributed by atoms with E-state index in [2.05, 4.69) is 21.2 Å². The highest BCUT2D eigenvalue weighted by molar-refractivity contribution is 9.10. The van der Waals surface area contributed by atoms with E-state index < -0.39 is 0 Å². The van der Waals surface area contributed by atoms with Crippen molar-refractivity contribution in [2.24, 2.45) is 0 Å². The summed E-state index contributed by atoms with van der Waals surface area (Å²) in [5, 5.41) is 2.87. The van der Waals surface area contributed by atoms with Crippen LogP contribution in [0, 0.1) is 0 Å². The van der Waals surface area contributed by atoms with Gasteiger partial charge in [0, 0.05) is 21.8 Å². The lowest BCUT2D eigenvalue weighted by atomic mass is 10.2. The Bertz CT molecular complexity index is 764. The van der Waals surface area contributed by atoms with Crippen molar-refractivity contribution in [3.8, 4) is 0 Å². The molecule has 0 aromatic heterocycles. The summed E-state index contributed by atoms with van der Waals surface area (Å²) in [4.78, 5) is 27.6. The number of halogens is 1. The fourth-order valence-corrected chi connectivity index (χ4v) is 3.74. The molecule has 0 saturated heterocycles. The number of fused-ring (bicyclic) bond motifs is 1. The number of hydrogen-bond donors (Lipinski definition) is 1. The Hall–Kier alpha value is -1.79. The van der Waals surface area contributed by atoms with Gasteiger partial charge in [-0.25, -0.2) is 0 Å². The van der Waals surface area contributed by atoms with Crippen molar-refractivity contribution >= 4 is 50.9 Å². The first-order valence-corrected chi connectivity index (χ1v) is 9.42. The molecule has 1 aliphatic rings. The van der Waals surface area contributed by atoms with Crippen LogP contribution in [-0.2, 0) is 9.59 Å². The summed E-state index contributed by atoms with van der Waals surface area (Å²) in [5.41, 5.74) is 1.45. The van der Waals surface area contributed by atoms with E-state index in [1.54, 1.807) is 4.90 Å². The lowest BCUT2D eigenvalue weighted by Gasteiger charge is -2.27. The number of anilines is 2. The lowest BCUT2D eigenvalue weighted by molar-refractivity contribution is -0.117. The molecule has 4 nitrogen and oxygen atoms in total. The number of benzene rings is 2. The number of nitrogens with zero attached hydrogens (tertiary/aromatic N) is 1. The molecule has 6 heteroatoms. The molecule has 0 fully saturated rings. The van der Waals surface area contributed by atoms with E-state index in [1.165, 1.54) is 11.8 Å². The molecule has 3 rings (SSSR count). The Balaban J connectivity index is 1.79. The normalized spacial score (nSPS) is 17.0. The number of nitrogens with one attached hydrogen (secondary N) is 1. The second-order valence-electron chi connectivity index (χ2n) is 5.62. The molecule has 24 heavy (non-hydrogen) atoms. The maximum absolute atomic E-state index is 12.8. The van der Waals surface area contributed by atoms with Crippen molar-refractivity contribution in [2.45, 2.75) is 24.3 Å².